The van der Waals surface area contributed by atoms with E-state index in [1.807, 2.05) is 73.1 Å². The first-order valence-corrected chi connectivity index (χ1v) is 8.35. The molecule has 126 valence electrons. The second-order valence-corrected chi connectivity index (χ2v) is 6.04. The highest BCUT2D eigenvalue weighted by Gasteiger charge is 2.15. The number of rotatable bonds is 3. The maximum Gasteiger partial charge on any atom is 0.261 e. The molecule has 0 aliphatic rings. The van der Waals surface area contributed by atoms with Gasteiger partial charge in [0.1, 0.15) is 5.82 Å². The van der Waals surface area contributed by atoms with E-state index in [2.05, 4.69) is 0 Å². The number of aromatic nitrogens is 1. The molecule has 0 aliphatic heterocycles. The van der Waals surface area contributed by atoms with Gasteiger partial charge in [0.15, 0.2) is 0 Å². The van der Waals surface area contributed by atoms with E-state index in [0.29, 0.717) is 5.56 Å². The Hall–Kier alpha value is -3.46. The van der Waals surface area contributed by atoms with Gasteiger partial charge in [-0.15, -0.1) is 0 Å². The fourth-order valence-electron chi connectivity index (χ4n) is 3.01. The molecule has 0 atom stereocenters. The minimum atomic E-state index is -0.357. The molecular formula is C23H16FNO. The van der Waals surface area contributed by atoms with Gasteiger partial charge in [0.25, 0.3) is 5.91 Å². The zero-order chi connectivity index (χ0) is 17.9. The van der Waals surface area contributed by atoms with E-state index >= 15 is 0 Å². The van der Waals surface area contributed by atoms with Crippen molar-refractivity contribution < 1.29 is 9.18 Å². The molecule has 2 nitrogen and oxygen atoms in total. The predicted molar refractivity (Wildman–Crippen MR) is 101 cm³/mol. The van der Waals surface area contributed by atoms with Crippen molar-refractivity contribution in [3.8, 4) is 22.3 Å². The van der Waals surface area contributed by atoms with E-state index in [-0.39, 0.29) is 11.7 Å². The quantitative estimate of drug-likeness (QED) is 0.472. The lowest BCUT2D eigenvalue weighted by Gasteiger charge is -2.03. The Bertz CT molecular complexity index is 978. The summed E-state index contributed by atoms with van der Waals surface area (Å²) in [5.41, 5.74) is 4.48. The van der Waals surface area contributed by atoms with Crippen LogP contribution in [-0.2, 0) is 0 Å². The maximum atomic E-state index is 13.1. The molecule has 3 heteroatoms. The van der Waals surface area contributed by atoms with E-state index < -0.39 is 0 Å². The highest BCUT2D eigenvalue weighted by atomic mass is 19.1. The van der Waals surface area contributed by atoms with Gasteiger partial charge in [-0.05, 0) is 35.4 Å². The van der Waals surface area contributed by atoms with Gasteiger partial charge >= 0.3 is 0 Å². The van der Waals surface area contributed by atoms with Gasteiger partial charge < -0.3 is 0 Å². The summed E-state index contributed by atoms with van der Waals surface area (Å²) >= 11 is 0. The van der Waals surface area contributed by atoms with E-state index in [9.17, 15) is 9.18 Å². The van der Waals surface area contributed by atoms with E-state index in [1.54, 1.807) is 4.57 Å². The smallest absolute Gasteiger partial charge is 0.261 e. The zero-order valence-electron chi connectivity index (χ0n) is 14.0. The first kappa shape index (κ1) is 16.0. The monoisotopic (exact) mass is 341 g/mol. The van der Waals surface area contributed by atoms with Gasteiger partial charge in [0, 0.05) is 29.1 Å². The molecule has 0 radical (unpaired) electrons. The van der Waals surface area contributed by atoms with Crippen molar-refractivity contribution in [2.45, 2.75) is 0 Å². The topological polar surface area (TPSA) is 22.0 Å². The van der Waals surface area contributed by atoms with Gasteiger partial charge in [-0.1, -0.05) is 60.7 Å². The molecule has 0 unspecified atom stereocenters. The number of nitrogens with zero attached hydrogens (tertiary/aromatic N) is 1. The van der Waals surface area contributed by atoms with Crippen LogP contribution in [0, 0.1) is 5.82 Å². The summed E-state index contributed by atoms with van der Waals surface area (Å²) in [5, 5.41) is 0. The lowest BCUT2D eigenvalue weighted by Crippen LogP contribution is -2.09. The molecule has 3 aromatic carbocycles. The molecule has 4 aromatic rings. The first-order valence-electron chi connectivity index (χ1n) is 8.35. The third-order valence-corrected chi connectivity index (χ3v) is 4.32. The average Bonchev–Trinajstić information content (AvgIpc) is 3.15. The number of carbonyl (C=O) groups excluding carboxylic acids is 1. The van der Waals surface area contributed by atoms with Crippen LogP contribution in [0.2, 0.25) is 0 Å². The third kappa shape index (κ3) is 3.07. The van der Waals surface area contributed by atoms with Crippen LogP contribution in [0.1, 0.15) is 10.4 Å². The number of halogens is 1. The molecule has 0 aliphatic carbocycles. The molecule has 26 heavy (non-hydrogen) atoms. The summed E-state index contributed by atoms with van der Waals surface area (Å²) in [5.74, 6) is -0.548. The van der Waals surface area contributed by atoms with E-state index in [4.69, 9.17) is 0 Å². The van der Waals surface area contributed by atoms with Crippen LogP contribution >= 0.6 is 0 Å². The highest BCUT2D eigenvalue weighted by molar-refractivity contribution is 5.98. The number of carbonyl (C=O) groups is 1. The van der Waals surface area contributed by atoms with Crippen LogP contribution in [0.4, 0.5) is 4.39 Å². The molecule has 0 fully saturated rings. The first-order chi connectivity index (χ1) is 12.7. The molecule has 0 spiro atoms. The second-order valence-electron chi connectivity index (χ2n) is 6.04. The summed E-state index contributed by atoms with van der Waals surface area (Å²) in [6, 6.07) is 25.5. The van der Waals surface area contributed by atoms with Gasteiger partial charge in [0.05, 0.1) is 0 Å². The SMILES string of the molecule is O=C(c1ccc(F)cc1)n1cc(-c2ccccc2)c(-c2ccccc2)c1. The normalized spacial score (nSPS) is 10.7. The Morgan fingerprint density at radius 3 is 1.58 bits per heavy atom. The minimum absolute atomic E-state index is 0.190. The summed E-state index contributed by atoms with van der Waals surface area (Å²) in [7, 11) is 0. The molecule has 0 N–H and O–H groups in total. The Morgan fingerprint density at radius 1 is 0.654 bits per heavy atom. The summed E-state index contributed by atoms with van der Waals surface area (Å²) < 4.78 is 14.7. The Balaban J connectivity index is 1.83. The van der Waals surface area contributed by atoms with E-state index in [0.717, 1.165) is 22.3 Å². The maximum absolute atomic E-state index is 13.1. The Labute approximate surface area is 151 Å². The van der Waals surface area contributed by atoms with Gasteiger partial charge in [-0.25, -0.2) is 4.39 Å². The fraction of sp³-hybridized carbons (Fsp3) is 0. The molecule has 0 amide bonds. The van der Waals surface area contributed by atoms with Crippen molar-refractivity contribution in [3.63, 3.8) is 0 Å². The van der Waals surface area contributed by atoms with Crippen LogP contribution in [-0.4, -0.2) is 10.5 Å². The van der Waals surface area contributed by atoms with Gasteiger partial charge in [-0.3, -0.25) is 9.36 Å². The van der Waals surface area contributed by atoms with Crippen LogP contribution in [0.5, 0.6) is 0 Å². The number of benzene rings is 3. The van der Waals surface area contributed by atoms with Crippen LogP contribution in [0.3, 0.4) is 0 Å². The second kappa shape index (κ2) is 6.81. The number of hydrogen-bond donors (Lipinski definition) is 0. The van der Waals surface area contributed by atoms with Crippen LogP contribution < -0.4 is 0 Å². The average molecular weight is 341 g/mol. The van der Waals surface area contributed by atoms with Crippen molar-refractivity contribution >= 4 is 5.91 Å². The molecule has 1 heterocycles. The molecule has 1 aromatic heterocycles. The fourth-order valence-corrected chi connectivity index (χ4v) is 3.01. The van der Waals surface area contributed by atoms with Gasteiger partial charge in [-0.2, -0.15) is 0 Å². The predicted octanol–water partition coefficient (Wildman–Crippen LogP) is 5.65. The molecular weight excluding hydrogens is 325 g/mol. The largest absolute Gasteiger partial charge is 0.289 e. The lowest BCUT2D eigenvalue weighted by molar-refractivity contribution is 0.0960. The summed E-state index contributed by atoms with van der Waals surface area (Å²) in [6.45, 7) is 0. The van der Waals surface area contributed by atoms with E-state index in [1.165, 1.54) is 24.3 Å². The summed E-state index contributed by atoms with van der Waals surface area (Å²) in [4.78, 5) is 12.8. The molecule has 0 bridgehead atoms. The van der Waals surface area contributed by atoms with Gasteiger partial charge in [0.2, 0.25) is 0 Å². The van der Waals surface area contributed by atoms with Crippen molar-refractivity contribution in [1.82, 2.24) is 4.57 Å². The highest BCUT2D eigenvalue weighted by Crippen LogP contribution is 2.33. The third-order valence-electron chi connectivity index (χ3n) is 4.32. The van der Waals surface area contributed by atoms with Crippen LogP contribution in [0.15, 0.2) is 97.3 Å². The van der Waals surface area contributed by atoms with Crippen molar-refractivity contribution in [2.75, 3.05) is 0 Å². The standard InChI is InChI=1S/C23H16FNO/c24-20-13-11-19(12-14-20)23(26)25-15-21(17-7-3-1-4-8-17)22(16-25)18-9-5-2-6-10-18/h1-16H. The molecule has 0 saturated heterocycles. The molecule has 0 saturated carbocycles. The summed E-state index contributed by atoms with van der Waals surface area (Å²) in [6.07, 6.45) is 3.67. The Morgan fingerprint density at radius 2 is 1.12 bits per heavy atom. The van der Waals surface area contributed by atoms with Crippen molar-refractivity contribution in [2.24, 2.45) is 0 Å². The van der Waals surface area contributed by atoms with Crippen molar-refractivity contribution in [3.05, 3.63) is 109 Å². The molecule has 4 rings (SSSR count). The number of hydrogen-bond acceptors (Lipinski definition) is 1. The minimum Gasteiger partial charge on any atom is -0.289 e. The lowest BCUT2D eigenvalue weighted by atomic mass is 9.99. The Kier molecular flexibility index (Phi) is 4.20. The van der Waals surface area contributed by atoms with Crippen molar-refractivity contribution in [1.29, 1.82) is 0 Å². The zero-order valence-corrected chi connectivity index (χ0v) is 14.0. The van der Waals surface area contributed by atoms with Crippen LogP contribution in [0.25, 0.3) is 22.3 Å².